The molecule has 1 aliphatic carbocycles. The molecule has 39 heavy (non-hydrogen) atoms. The van der Waals surface area contributed by atoms with E-state index in [2.05, 4.69) is 0 Å². The van der Waals surface area contributed by atoms with Crippen molar-refractivity contribution in [1.29, 1.82) is 0 Å². The second-order valence-corrected chi connectivity index (χ2v) is 10.0. The Bertz CT molecular complexity index is 1670. The molecular weight excluding hydrogens is 497 g/mol. The standard InChI is InChI=1S/C32H22FNO5/c1-38-21-7-4-6-19(17-21)29(35)28-27(25-10-5-15-39-25)32(30(36)22-8-2-3-9-23(22)31(32)37)26-14-11-18-16-20(33)12-13-24(18)34(26)28/h2-17,26-28H,1H3. The Hall–Kier alpha value is -4.78. The fourth-order valence-corrected chi connectivity index (χ4v) is 6.67. The van der Waals surface area contributed by atoms with Gasteiger partial charge < -0.3 is 14.1 Å². The van der Waals surface area contributed by atoms with Gasteiger partial charge in [-0.2, -0.15) is 0 Å². The highest BCUT2D eigenvalue weighted by molar-refractivity contribution is 6.32. The van der Waals surface area contributed by atoms with Gasteiger partial charge in [-0.05, 0) is 42.5 Å². The van der Waals surface area contributed by atoms with Crippen LogP contribution in [0.1, 0.15) is 48.3 Å². The van der Waals surface area contributed by atoms with Gasteiger partial charge in [0.1, 0.15) is 28.8 Å². The number of hydrogen-bond acceptors (Lipinski definition) is 6. The molecule has 7 heteroatoms. The molecule has 3 atom stereocenters. The first-order valence-corrected chi connectivity index (χ1v) is 12.6. The Labute approximate surface area is 223 Å². The maximum absolute atomic E-state index is 14.5. The van der Waals surface area contributed by atoms with E-state index in [1.54, 1.807) is 78.9 Å². The highest BCUT2D eigenvalue weighted by Crippen LogP contribution is 2.61. The van der Waals surface area contributed by atoms with Crippen LogP contribution < -0.4 is 9.64 Å². The molecule has 3 aromatic carbocycles. The molecule has 0 saturated carbocycles. The molecule has 1 fully saturated rings. The molecule has 7 rings (SSSR count). The van der Waals surface area contributed by atoms with Gasteiger partial charge in [-0.1, -0.05) is 48.6 Å². The number of nitrogens with zero attached hydrogens (tertiary/aromatic N) is 1. The van der Waals surface area contributed by atoms with Crippen LogP contribution in [0.15, 0.2) is 95.6 Å². The predicted molar refractivity (Wildman–Crippen MR) is 142 cm³/mol. The van der Waals surface area contributed by atoms with E-state index in [1.807, 2.05) is 4.90 Å². The first-order chi connectivity index (χ1) is 19.0. The van der Waals surface area contributed by atoms with E-state index in [0.29, 0.717) is 39.5 Å². The fraction of sp³-hybridized carbons (Fsp3) is 0.156. The minimum Gasteiger partial charge on any atom is -0.497 e. The number of ketones is 3. The van der Waals surface area contributed by atoms with Crippen molar-refractivity contribution in [1.82, 2.24) is 0 Å². The average Bonchev–Trinajstić information content (AvgIpc) is 3.65. The number of carbonyl (C=O) groups excluding carboxylic acids is 3. The van der Waals surface area contributed by atoms with E-state index in [0.717, 1.165) is 0 Å². The minimum atomic E-state index is -1.66. The highest BCUT2D eigenvalue weighted by atomic mass is 19.1. The van der Waals surface area contributed by atoms with Crippen molar-refractivity contribution in [3.63, 3.8) is 0 Å². The maximum atomic E-state index is 14.5. The number of Topliss-reactive ketones (excluding diaryl/α,β-unsaturated/α-hetero) is 3. The quantitative estimate of drug-likeness (QED) is 0.253. The molecule has 0 amide bonds. The number of ether oxygens (including phenoxy) is 1. The van der Waals surface area contributed by atoms with Crippen LogP contribution in [-0.4, -0.2) is 36.5 Å². The van der Waals surface area contributed by atoms with Crippen LogP contribution >= 0.6 is 0 Å². The zero-order valence-electron chi connectivity index (χ0n) is 20.8. The lowest BCUT2D eigenvalue weighted by Crippen LogP contribution is -2.48. The van der Waals surface area contributed by atoms with Crippen molar-refractivity contribution in [3.8, 4) is 5.75 Å². The predicted octanol–water partition coefficient (Wildman–Crippen LogP) is 5.74. The van der Waals surface area contributed by atoms with Crippen molar-refractivity contribution in [2.75, 3.05) is 12.0 Å². The molecule has 3 aliphatic rings. The topological polar surface area (TPSA) is 76.8 Å². The van der Waals surface area contributed by atoms with Crippen LogP contribution in [0.5, 0.6) is 5.75 Å². The lowest BCUT2D eigenvalue weighted by Gasteiger charge is -2.37. The van der Waals surface area contributed by atoms with Crippen LogP contribution in [0.3, 0.4) is 0 Å². The van der Waals surface area contributed by atoms with Crippen molar-refractivity contribution >= 4 is 29.1 Å². The molecule has 1 spiro atoms. The Kier molecular flexibility index (Phi) is 5.01. The molecule has 0 N–H and O–H groups in total. The number of methoxy groups -OCH3 is 1. The summed E-state index contributed by atoms with van der Waals surface area (Å²) in [5, 5.41) is 0. The SMILES string of the molecule is COc1cccc(C(=O)C2C(c3ccco3)C3(C(=O)c4ccccc4C3=O)C3C=Cc4cc(F)ccc4N23)c1. The normalized spacial score (nSPS) is 22.1. The number of hydrogen-bond donors (Lipinski definition) is 0. The summed E-state index contributed by atoms with van der Waals surface area (Å²) in [6.45, 7) is 0. The third-order valence-corrected chi connectivity index (χ3v) is 8.24. The zero-order chi connectivity index (χ0) is 26.9. The molecular formula is C32H22FNO5. The molecule has 0 radical (unpaired) electrons. The number of furan rings is 1. The minimum absolute atomic E-state index is 0.306. The smallest absolute Gasteiger partial charge is 0.186 e. The van der Waals surface area contributed by atoms with Crippen LogP contribution in [0.2, 0.25) is 0 Å². The van der Waals surface area contributed by atoms with Gasteiger partial charge >= 0.3 is 0 Å². The molecule has 3 unspecified atom stereocenters. The molecule has 1 saturated heterocycles. The van der Waals surface area contributed by atoms with Crippen molar-refractivity contribution in [3.05, 3.63) is 125 Å². The second kappa shape index (κ2) is 8.36. The van der Waals surface area contributed by atoms with Crippen LogP contribution in [0, 0.1) is 11.2 Å². The third kappa shape index (κ3) is 3.04. The monoisotopic (exact) mass is 519 g/mol. The molecule has 1 aromatic heterocycles. The van der Waals surface area contributed by atoms with Crippen LogP contribution in [0.25, 0.3) is 6.08 Å². The first kappa shape index (κ1) is 23.3. The van der Waals surface area contributed by atoms with Gasteiger partial charge in [0.2, 0.25) is 0 Å². The van der Waals surface area contributed by atoms with E-state index in [4.69, 9.17) is 9.15 Å². The Morgan fingerprint density at radius 3 is 2.41 bits per heavy atom. The summed E-state index contributed by atoms with van der Waals surface area (Å²) >= 11 is 0. The number of carbonyl (C=O) groups is 3. The summed E-state index contributed by atoms with van der Waals surface area (Å²) in [7, 11) is 1.52. The van der Waals surface area contributed by atoms with Crippen molar-refractivity contribution < 1.29 is 27.9 Å². The Balaban J connectivity index is 1.53. The summed E-state index contributed by atoms with van der Waals surface area (Å²) in [6.07, 6.45) is 4.95. The van der Waals surface area contributed by atoms with Crippen LogP contribution in [-0.2, 0) is 0 Å². The molecule has 4 aromatic rings. The fourth-order valence-electron chi connectivity index (χ4n) is 6.67. The summed E-state index contributed by atoms with van der Waals surface area (Å²) in [6, 6.07) is 19.4. The Morgan fingerprint density at radius 1 is 0.949 bits per heavy atom. The summed E-state index contributed by atoms with van der Waals surface area (Å²) < 4.78 is 25.5. The summed E-state index contributed by atoms with van der Waals surface area (Å²) in [5.74, 6) is -1.53. The highest BCUT2D eigenvalue weighted by Gasteiger charge is 2.72. The van der Waals surface area contributed by atoms with Gasteiger partial charge in [-0.3, -0.25) is 14.4 Å². The molecule has 0 bridgehead atoms. The Morgan fingerprint density at radius 2 is 1.72 bits per heavy atom. The summed E-state index contributed by atoms with van der Waals surface area (Å²) in [4.78, 5) is 45.2. The number of anilines is 1. The lowest BCUT2D eigenvalue weighted by molar-refractivity contribution is 0.0652. The number of rotatable bonds is 4. The molecule has 3 heterocycles. The number of fused-ring (bicyclic) bond motifs is 5. The maximum Gasteiger partial charge on any atom is 0.186 e. The van der Waals surface area contributed by atoms with E-state index >= 15 is 0 Å². The largest absolute Gasteiger partial charge is 0.497 e. The number of benzene rings is 3. The van der Waals surface area contributed by atoms with Crippen molar-refractivity contribution in [2.24, 2.45) is 5.41 Å². The van der Waals surface area contributed by atoms with Crippen molar-refractivity contribution in [2.45, 2.75) is 18.0 Å². The van der Waals surface area contributed by atoms with E-state index in [9.17, 15) is 18.8 Å². The van der Waals surface area contributed by atoms with Crippen LogP contribution in [0.4, 0.5) is 10.1 Å². The van der Waals surface area contributed by atoms with Gasteiger partial charge in [0.05, 0.1) is 25.3 Å². The van der Waals surface area contributed by atoms with E-state index in [-0.39, 0.29) is 17.3 Å². The van der Waals surface area contributed by atoms with E-state index in [1.165, 1.54) is 25.5 Å². The van der Waals surface area contributed by atoms with Gasteiger partial charge in [-0.15, -0.1) is 0 Å². The van der Waals surface area contributed by atoms with Gasteiger partial charge in [0, 0.05) is 27.9 Å². The molecule has 2 aliphatic heterocycles. The summed E-state index contributed by atoms with van der Waals surface area (Å²) in [5.41, 5.74) is 0.470. The molecule has 6 nitrogen and oxygen atoms in total. The lowest BCUT2D eigenvalue weighted by atomic mass is 9.65. The average molecular weight is 520 g/mol. The third-order valence-electron chi connectivity index (χ3n) is 8.24. The zero-order valence-corrected chi connectivity index (χ0v) is 20.8. The molecule has 192 valence electrons. The van der Waals surface area contributed by atoms with E-state index < -0.39 is 29.2 Å². The van der Waals surface area contributed by atoms with Gasteiger partial charge in [-0.25, -0.2) is 4.39 Å². The first-order valence-electron chi connectivity index (χ1n) is 12.6. The van der Waals surface area contributed by atoms with Gasteiger partial charge in [0.15, 0.2) is 17.3 Å². The number of halogens is 1. The van der Waals surface area contributed by atoms with Gasteiger partial charge in [0.25, 0.3) is 0 Å². The second-order valence-electron chi connectivity index (χ2n) is 10.0.